The summed E-state index contributed by atoms with van der Waals surface area (Å²) in [5.41, 5.74) is 8.02. The zero-order chi connectivity index (χ0) is 17.9. The topological polar surface area (TPSA) is 85.3 Å². The average Bonchev–Trinajstić information content (AvgIpc) is 2.54. The van der Waals surface area contributed by atoms with Gasteiger partial charge in [-0.2, -0.15) is 5.26 Å². The number of carbonyl (C=O) groups is 1. The van der Waals surface area contributed by atoms with Crippen molar-refractivity contribution in [3.8, 4) is 6.07 Å². The van der Waals surface area contributed by atoms with E-state index in [9.17, 15) is 10.1 Å². The Hall–Kier alpha value is -2.45. The van der Waals surface area contributed by atoms with Crippen LogP contribution in [-0.2, 0) is 20.7 Å². The maximum atomic E-state index is 12.4. The van der Waals surface area contributed by atoms with Crippen LogP contribution in [0.5, 0.6) is 0 Å². The van der Waals surface area contributed by atoms with Crippen LogP contribution < -0.4 is 5.73 Å². The Morgan fingerprint density at radius 3 is 2.75 bits per heavy atom. The van der Waals surface area contributed by atoms with Gasteiger partial charge in [0.25, 0.3) is 0 Å². The molecule has 0 spiro atoms. The molecule has 1 aromatic rings. The third kappa shape index (κ3) is 3.24. The number of nitriles is 1. The van der Waals surface area contributed by atoms with Crippen LogP contribution in [0.1, 0.15) is 37.8 Å². The summed E-state index contributed by atoms with van der Waals surface area (Å²) in [6.45, 7) is 5.57. The molecule has 1 aliphatic rings. The Balaban J connectivity index is 2.64. The smallest absolute Gasteiger partial charge is 0.338 e. The van der Waals surface area contributed by atoms with Gasteiger partial charge in [-0.15, -0.1) is 0 Å². The van der Waals surface area contributed by atoms with Gasteiger partial charge < -0.3 is 15.2 Å². The van der Waals surface area contributed by atoms with E-state index in [1.165, 1.54) is 0 Å². The second kappa shape index (κ2) is 7.41. The largest absolute Gasteiger partial charge is 0.463 e. The van der Waals surface area contributed by atoms with Crippen molar-refractivity contribution in [3.05, 3.63) is 57.1 Å². The van der Waals surface area contributed by atoms with E-state index in [2.05, 4.69) is 6.07 Å². The Bertz CT molecular complexity index is 775. The molecule has 0 radical (unpaired) electrons. The molecule has 5 nitrogen and oxygen atoms in total. The van der Waals surface area contributed by atoms with Crippen LogP contribution in [0, 0.1) is 11.3 Å². The van der Waals surface area contributed by atoms with Crippen molar-refractivity contribution in [2.75, 3.05) is 6.61 Å². The normalized spacial score (nSPS) is 17.4. The van der Waals surface area contributed by atoms with Crippen LogP contribution in [0.2, 0.25) is 5.02 Å². The highest BCUT2D eigenvalue weighted by molar-refractivity contribution is 6.31. The fourth-order valence-corrected chi connectivity index (χ4v) is 2.98. The lowest BCUT2D eigenvalue weighted by Gasteiger charge is -2.27. The van der Waals surface area contributed by atoms with Crippen molar-refractivity contribution in [1.29, 1.82) is 5.26 Å². The average molecular weight is 347 g/mol. The lowest BCUT2D eigenvalue weighted by Crippen LogP contribution is -2.25. The van der Waals surface area contributed by atoms with Crippen LogP contribution in [-0.4, -0.2) is 12.6 Å². The molecule has 2 rings (SSSR count). The molecule has 1 unspecified atom stereocenters. The summed E-state index contributed by atoms with van der Waals surface area (Å²) < 4.78 is 10.5. The van der Waals surface area contributed by atoms with Crippen molar-refractivity contribution in [2.45, 2.75) is 33.1 Å². The minimum absolute atomic E-state index is 0.000969. The Morgan fingerprint density at radius 2 is 2.17 bits per heavy atom. The number of hydrogen-bond acceptors (Lipinski definition) is 5. The molecule has 1 aromatic carbocycles. The molecule has 0 saturated heterocycles. The number of carbonyl (C=O) groups excluding carboxylic acids is 1. The van der Waals surface area contributed by atoms with Crippen LogP contribution in [0.4, 0.5) is 0 Å². The van der Waals surface area contributed by atoms with Crippen molar-refractivity contribution < 1.29 is 14.3 Å². The van der Waals surface area contributed by atoms with Crippen molar-refractivity contribution >= 4 is 17.6 Å². The van der Waals surface area contributed by atoms with Gasteiger partial charge in [0.15, 0.2) is 0 Å². The Kier molecular flexibility index (Phi) is 5.53. The first-order valence-corrected chi connectivity index (χ1v) is 8.06. The number of nitrogens with zero attached hydrogens (tertiary/aromatic N) is 1. The number of benzene rings is 1. The predicted molar refractivity (Wildman–Crippen MR) is 90.8 cm³/mol. The molecule has 6 heteroatoms. The van der Waals surface area contributed by atoms with Gasteiger partial charge in [-0.05, 0) is 37.5 Å². The number of rotatable bonds is 4. The van der Waals surface area contributed by atoms with Gasteiger partial charge in [-0.3, -0.25) is 0 Å². The van der Waals surface area contributed by atoms with Gasteiger partial charge in [0, 0.05) is 5.02 Å². The van der Waals surface area contributed by atoms with E-state index in [1.807, 2.05) is 13.0 Å². The summed E-state index contributed by atoms with van der Waals surface area (Å²) in [4.78, 5) is 12.4. The summed E-state index contributed by atoms with van der Waals surface area (Å²) >= 11 is 6.18. The SMILES string of the molecule is CCOC(=O)C1=C(C)OC(N)=C(C#N)C1c1ccc(Cl)c(CC)c1. The lowest BCUT2D eigenvalue weighted by atomic mass is 9.82. The summed E-state index contributed by atoms with van der Waals surface area (Å²) in [7, 11) is 0. The maximum absolute atomic E-state index is 12.4. The highest BCUT2D eigenvalue weighted by Gasteiger charge is 2.36. The van der Waals surface area contributed by atoms with Crippen LogP contribution in [0.3, 0.4) is 0 Å². The fourth-order valence-electron chi connectivity index (χ4n) is 2.73. The van der Waals surface area contributed by atoms with Gasteiger partial charge in [0.05, 0.1) is 18.1 Å². The number of esters is 1. The molecule has 126 valence electrons. The summed E-state index contributed by atoms with van der Waals surface area (Å²) in [6, 6.07) is 7.49. The van der Waals surface area contributed by atoms with Crippen LogP contribution in [0.15, 0.2) is 41.0 Å². The highest BCUT2D eigenvalue weighted by atomic mass is 35.5. The molecule has 0 aliphatic carbocycles. The van der Waals surface area contributed by atoms with Gasteiger partial charge in [-0.25, -0.2) is 4.79 Å². The molecule has 0 fully saturated rings. The first-order chi connectivity index (χ1) is 11.4. The van der Waals surface area contributed by atoms with E-state index < -0.39 is 11.9 Å². The maximum Gasteiger partial charge on any atom is 0.338 e. The predicted octanol–water partition coefficient (Wildman–Crippen LogP) is 3.55. The Labute approximate surface area is 146 Å². The standard InChI is InChI=1S/C18H19ClN2O3/c1-4-11-8-12(6-7-14(11)19)16-13(9-20)17(21)24-10(3)15(16)18(22)23-5-2/h6-8,16H,4-5,21H2,1-3H3. The van der Waals surface area contributed by atoms with Crippen molar-refractivity contribution in [1.82, 2.24) is 0 Å². The zero-order valence-electron chi connectivity index (χ0n) is 13.9. The van der Waals surface area contributed by atoms with Crippen molar-refractivity contribution in [3.63, 3.8) is 0 Å². The van der Waals surface area contributed by atoms with E-state index in [1.54, 1.807) is 26.0 Å². The van der Waals surface area contributed by atoms with Crippen LogP contribution in [0.25, 0.3) is 0 Å². The molecule has 0 bridgehead atoms. The zero-order valence-corrected chi connectivity index (χ0v) is 14.6. The molecule has 0 amide bonds. The highest BCUT2D eigenvalue weighted by Crippen LogP contribution is 2.40. The summed E-state index contributed by atoms with van der Waals surface area (Å²) in [5, 5.41) is 10.2. The van der Waals surface area contributed by atoms with E-state index in [4.69, 9.17) is 26.8 Å². The van der Waals surface area contributed by atoms with Gasteiger partial charge in [0.2, 0.25) is 5.88 Å². The number of halogens is 1. The van der Waals surface area contributed by atoms with Crippen LogP contribution >= 0.6 is 11.6 Å². The number of hydrogen-bond donors (Lipinski definition) is 1. The third-order valence-electron chi connectivity index (χ3n) is 3.88. The number of nitrogens with two attached hydrogens (primary N) is 1. The van der Waals surface area contributed by atoms with E-state index in [0.717, 1.165) is 17.5 Å². The number of aryl methyl sites for hydroxylation is 1. The summed E-state index contributed by atoms with van der Waals surface area (Å²) in [5.74, 6) is -0.817. The quantitative estimate of drug-likeness (QED) is 0.842. The monoisotopic (exact) mass is 346 g/mol. The molecule has 2 N–H and O–H groups in total. The molecule has 1 heterocycles. The minimum atomic E-state index is -0.634. The first kappa shape index (κ1) is 17.9. The second-order valence-electron chi connectivity index (χ2n) is 5.32. The van der Waals surface area contributed by atoms with E-state index in [0.29, 0.717) is 10.8 Å². The van der Waals surface area contributed by atoms with E-state index >= 15 is 0 Å². The van der Waals surface area contributed by atoms with Gasteiger partial charge in [-0.1, -0.05) is 30.7 Å². The van der Waals surface area contributed by atoms with Gasteiger partial charge in [0.1, 0.15) is 17.4 Å². The third-order valence-corrected chi connectivity index (χ3v) is 4.25. The molecule has 0 saturated carbocycles. The molecule has 1 atom stereocenters. The molecular weight excluding hydrogens is 328 g/mol. The molecule has 0 aromatic heterocycles. The molecule has 1 aliphatic heterocycles. The Morgan fingerprint density at radius 1 is 1.46 bits per heavy atom. The fraction of sp³-hybridized carbons (Fsp3) is 0.333. The number of allylic oxidation sites excluding steroid dienone is 2. The minimum Gasteiger partial charge on any atom is -0.463 e. The molecule has 24 heavy (non-hydrogen) atoms. The summed E-state index contributed by atoms with van der Waals surface area (Å²) in [6.07, 6.45) is 0.731. The van der Waals surface area contributed by atoms with Gasteiger partial charge >= 0.3 is 5.97 Å². The molecular formula is C18H19ClN2O3. The van der Waals surface area contributed by atoms with E-state index in [-0.39, 0.29) is 23.6 Å². The van der Waals surface area contributed by atoms with Crippen molar-refractivity contribution in [2.24, 2.45) is 5.73 Å². The second-order valence-corrected chi connectivity index (χ2v) is 5.73. The number of ether oxygens (including phenoxy) is 2. The first-order valence-electron chi connectivity index (χ1n) is 7.68. The lowest BCUT2D eigenvalue weighted by molar-refractivity contribution is -0.139.